The van der Waals surface area contributed by atoms with Gasteiger partial charge in [-0.05, 0) is 0 Å². The molecule has 0 saturated carbocycles. The third kappa shape index (κ3) is 2.71. The van der Waals surface area contributed by atoms with Crippen molar-refractivity contribution in [1.29, 1.82) is 0 Å². The minimum absolute atomic E-state index is 0.0347. The van der Waals surface area contributed by atoms with Crippen molar-refractivity contribution in [1.82, 2.24) is 4.41 Å². The van der Waals surface area contributed by atoms with Gasteiger partial charge in [0, 0.05) is 6.54 Å². The largest absolute Gasteiger partial charge is 0.377 e. The fourth-order valence-corrected chi connectivity index (χ4v) is 0.729. The minimum Gasteiger partial charge on any atom is -0.329 e. The zero-order valence-corrected chi connectivity index (χ0v) is 5.78. The number of nitrogens with zero attached hydrogens (tertiary/aromatic N) is 2. The molecular weight excluding hydrogens is 162 g/mol. The van der Waals surface area contributed by atoms with Crippen LogP contribution < -0.4 is 5.73 Å². The van der Waals surface area contributed by atoms with Crippen LogP contribution >= 0.6 is 0 Å². The van der Waals surface area contributed by atoms with Crippen LogP contribution in [-0.4, -0.2) is 30.5 Å². The van der Waals surface area contributed by atoms with E-state index in [1.54, 1.807) is 0 Å². The SMILES string of the molecule is NCCN(N=O)S(=O)(=O)O. The summed E-state index contributed by atoms with van der Waals surface area (Å²) in [5, 5.41) is 2.01. The summed E-state index contributed by atoms with van der Waals surface area (Å²) in [6.07, 6.45) is 0. The van der Waals surface area contributed by atoms with Crippen LogP contribution in [0.25, 0.3) is 0 Å². The third-order valence-electron chi connectivity index (χ3n) is 0.678. The van der Waals surface area contributed by atoms with E-state index in [0.717, 1.165) is 0 Å². The molecule has 0 aliphatic carbocycles. The first-order chi connectivity index (χ1) is 4.52. The first-order valence-corrected chi connectivity index (χ1v) is 3.70. The standard InChI is InChI=1S/C2H7N3O4S/c3-1-2-5(4-6)10(7,8)9/h1-3H2,(H,7,8,9). The van der Waals surface area contributed by atoms with Gasteiger partial charge in [0.2, 0.25) is 0 Å². The molecule has 0 aromatic rings. The molecule has 0 fully saturated rings. The smallest absolute Gasteiger partial charge is 0.329 e. The molecule has 0 radical (unpaired) electrons. The monoisotopic (exact) mass is 169 g/mol. The normalized spacial score (nSPS) is 11.0. The van der Waals surface area contributed by atoms with Gasteiger partial charge in [-0.25, -0.2) is 0 Å². The van der Waals surface area contributed by atoms with E-state index in [4.69, 9.17) is 10.3 Å². The Kier molecular flexibility index (Phi) is 3.19. The Morgan fingerprint density at radius 2 is 2.10 bits per heavy atom. The van der Waals surface area contributed by atoms with Gasteiger partial charge in [-0.3, -0.25) is 4.55 Å². The van der Waals surface area contributed by atoms with Crippen molar-refractivity contribution in [3.8, 4) is 0 Å². The van der Waals surface area contributed by atoms with Crippen LogP contribution in [0.5, 0.6) is 0 Å². The van der Waals surface area contributed by atoms with E-state index in [1.165, 1.54) is 0 Å². The van der Waals surface area contributed by atoms with E-state index in [1.807, 2.05) is 5.29 Å². The molecule has 3 N–H and O–H groups in total. The molecule has 0 aliphatic heterocycles. The minimum atomic E-state index is -4.50. The Labute approximate surface area is 57.6 Å². The average Bonchev–Trinajstić information content (AvgIpc) is 1.80. The van der Waals surface area contributed by atoms with Gasteiger partial charge in [0.25, 0.3) is 0 Å². The summed E-state index contributed by atoms with van der Waals surface area (Å²) in [7, 11) is -4.50. The highest BCUT2D eigenvalue weighted by Gasteiger charge is 2.15. The molecule has 0 spiro atoms. The maximum atomic E-state index is 10.1. The number of nitroso groups, excluding NO2 is 1. The lowest BCUT2D eigenvalue weighted by Gasteiger charge is -2.07. The number of hydrogen-bond acceptors (Lipinski definition) is 5. The Morgan fingerprint density at radius 3 is 2.20 bits per heavy atom. The van der Waals surface area contributed by atoms with Gasteiger partial charge in [0.1, 0.15) is 0 Å². The Morgan fingerprint density at radius 1 is 1.60 bits per heavy atom. The average molecular weight is 169 g/mol. The molecule has 0 rings (SSSR count). The molecule has 7 nitrogen and oxygen atoms in total. The first kappa shape index (κ1) is 9.27. The Hall–Kier alpha value is -0.730. The summed E-state index contributed by atoms with van der Waals surface area (Å²) < 4.78 is 28.3. The topological polar surface area (TPSA) is 113 Å². The van der Waals surface area contributed by atoms with Crippen molar-refractivity contribution in [2.45, 2.75) is 0 Å². The molecule has 0 aromatic heterocycles. The second-order valence-electron chi connectivity index (χ2n) is 1.39. The van der Waals surface area contributed by atoms with E-state index >= 15 is 0 Å². The second-order valence-corrected chi connectivity index (χ2v) is 2.71. The summed E-state index contributed by atoms with van der Waals surface area (Å²) in [4.78, 5) is 9.62. The molecule has 0 bridgehead atoms. The molecule has 0 atom stereocenters. The lowest BCUT2D eigenvalue weighted by molar-refractivity contribution is 0.364. The molecule has 0 amide bonds. The Bertz CT molecular complexity index is 199. The lowest BCUT2D eigenvalue weighted by Crippen LogP contribution is -2.29. The van der Waals surface area contributed by atoms with Crippen LogP contribution in [0.3, 0.4) is 0 Å². The number of rotatable bonds is 4. The highest BCUT2D eigenvalue weighted by Crippen LogP contribution is 1.94. The van der Waals surface area contributed by atoms with Crippen LogP contribution in [0.4, 0.5) is 0 Å². The molecular formula is C2H7N3O4S. The maximum Gasteiger partial charge on any atom is 0.377 e. The van der Waals surface area contributed by atoms with Crippen molar-refractivity contribution >= 4 is 10.3 Å². The fraction of sp³-hybridized carbons (Fsp3) is 1.00. The van der Waals surface area contributed by atoms with Gasteiger partial charge >= 0.3 is 10.3 Å². The van der Waals surface area contributed by atoms with Gasteiger partial charge in [0.05, 0.1) is 11.8 Å². The second kappa shape index (κ2) is 3.44. The van der Waals surface area contributed by atoms with Gasteiger partial charge in [-0.2, -0.15) is 8.42 Å². The van der Waals surface area contributed by atoms with E-state index < -0.39 is 10.3 Å². The summed E-state index contributed by atoms with van der Waals surface area (Å²) in [6.45, 7) is -0.395. The van der Waals surface area contributed by atoms with E-state index in [2.05, 4.69) is 0 Å². The van der Waals surface area contributed by atoms with E-state index in [-0.39, 0.29) is 17.5 Å². The lowest BCUT2D eigenvalue weighted by atomic mass is 10.7. The van der Waals surface area contributed by atoms with E-state index in [9.17, 15) is 13.3 Å². The van der Waals surface area contributed by atoms with Gasteiger partial charge in [0.15, 0.2) is 0 Å². The molecule has 0 saturated heterocycles. The highest BCUT2D eigenvalue weighted by atomic mass is 32.2. The van der Waals surface area contributed by atoms with Gasteiger partial charge in [-0.15, -0.1) is 9.32 Å². The van der Waals surface area contributed by atoms with Crippen LogP contribution in [0, 0.1) is 4.91 Å². The molecule has 0 aliphatic rings. The summed E-state index contributed by atoms with van der Waals surface area (Å²) in [5.41, 5.74) is 4.89. The third-order valence-corrected chi connectivity index (χ3v) is 1.46. The summed E-state index contributed by atoms with van der Waals surface area (Å²) in [6, 6.07) is 0. The van der Waals surface area contributed by atoms with Crippen molar-refractivity contribution in [3.05, 3.63) is 4.91 Å². The molecule has 0 heterocycles. The fourth-order valence-electron chi connectivity index (χ4n) is 0.309. The predicted octanol–water partition coefficient (Wildman–Crippen LogP) is -1.27. The van der Waals surface area contributed by atoms with Crippen LogP contribution in [0.2, 0.25) is 0 Å². The highest BCUT2D eigenvalue weighted by molar-refractivity contribution is 7.83. The zero-order chi connectivity index (χ0) is 8.20. The molecule has 0 unspecified atom stereocenters. The Balaban J connectivity index is 4.22. The van der Waals surface area contributed by atoms with Gasteiger partial charge in [-0.1, -0.05) is 0 Å². The maximum absolute atomic E-state index is 10.1. The number of hydrogen-bond donors (Lipinski definition) is 2. The van der Waals surface area contributed by atoms with E-state index in [0.29, 0.717) is 0 Å². The van der Waals surface area contributed by atoms with Crippen molar-refractivity contribution < 1.29 is 13.0 Å². The molecule has 8 heteroatoms. The summed E-state index contributed by atoms with van der Waals surface area (Å²) >= 11 is 0. The van der Waals surface area contributed by atoms with Gasteiger partial charge < -0.3 is 5.73 Å². The summed E-state index contributed by atoms with van der Waals surface area (Å²) in [5.74, 6) is 0. The molecule has 10 heavy (non-hydrogen) atoms. The number of nitrogens with two attached hydrogens (primary N) is 1. The van der Waals surface area contributed by atoms with Crippen molar-refractivity contribution in [2.75, 3.05) is 13.1 Å². The van der Waals surface area contributed by atoms with Crippen LogP contribution in [-0.2, 0) is 10.3 Å². The van der Waals surface area contributed by atoms with Crippen molar-refractivity contribution in [2.24, 2.45) is 11.0 Å². The molecule has 0 aromatic carbocycles. The predicted molar refractivity (Wildman–Crippen MR) is 33.1 cm³/mol. The zero-order valence-electron chi connectivity index (χ0n) is 4.97. The van der Waals surface area contributed by atoms with Crippen LogP contribution in [0.1, 0.15) is 0 Å². The van der Waals surface area contributed by atoms with Crippen LogP contribution in [0.15, 0.2) is 5.29 Å². The first-order valence-electron chi connectivity index (χ1n) is 2.31. The quantitative estimate of drug-likeness (QED) is 0.309. The molecule has 60 valence electrons. The van der Waals surface area contributed by atoms with Crippen molar-refractivity contribution in [3.63, 3.8) is 0 Å².